The van der Waals surface area contributed by atoms with Crippen molar-refractivity contribution in [3.63, 3.8) is 0 Å². The summed E-state index contributed by atoms with van der Waals surface area (Å²) in [5, 5.41) is 20.2. The molecule has 74 valence electrons. The van der Waals surface area contributed by atoms with E-state index in [1.165, 1.54) is 0 Å². The van der Waals surface area contributed by atoms with Crippen LogP contribution < -0.4 is 5.84 Å². The first-order valence-electron chi connectivity index (χ1n) is 4.25. The number of hydrogen-bond acceptors (Lipinski definition) is 5. The first-order chi connectivity index (χ1) is 7.42. The predicted octanol–water partition coefficient (Wildman–Crippen LogP) is 1.62. The lowest BCUT2D eigenvalue weighted by Gasteiger charge is -1.96. The monoisotopic (exact) mass is 200 g/mol. The van der Waals surface area contributed by atoms with Crippen molar-refractivity contribution in [3.05, 3.63) is 30.5 Å². The number of nitrogens with zero attached hydrogens (tertiary/aromatic N) is 5. The molecule has 0 saturated carbocycles. The fourth-order valence-electron chi connectivity index (χ4n) is 1.20. The van der Waals surface area contributed by atoms with E-state index in [9.17, 15) is 0 Å². The minimum absolute atomic E-state index is 0.452. The first kappa shape index (κ1) is 9.20. The van der Waals surface area contributed by atoms with Crippen molar-refractivity contribution in [1.82, 2.24) is 10.2 Å². The SMILES string of the molecule is NN=CN=Nc1nncc2ccccc12. The third kappa shape index (κ3) is 1.93. The molecule has 15 heavy (non-hydrogen) atoms. The standard InChI is InChI=1S/C9H8N6/c10-11-6-13-15-9-8-4-2-1-3-7(8)5-12-14-9/h1-6H,10H2. The third-order valence-electron chi connectivity index (χ3n) is 1.82. The van der Waals surface area contributed by atoms with E-state index in [4.69, 9.17) is 5.84 Å². The Balaban J connectivity index is 2.51. The predicted molar refractivity (Wildman–Crippen MR) is 56.7 cm³/mol. The summed E-state index contributed by atoms with van der Waals surface area (Å²) in [4.78, 5) is 0. The highest BCUT2D eigenvalue weighted by molar-refractivity contribution is 5.89. The van der Waals surface area contributed by atoms with Crippen LogP contribution in [0.3, 0.4) is 0 Å². The van der Waals surface area contributed by atoms with Gasteiger partial charge in [-0.2, -0.15) is 10.2 Å². The molecule has 0 atom stereocenters. The van der Waals surface area contributed by atoms with Crippen LogP contribution in [0.15, 0.2) is 45.8 Å². The molecule has 0 spiro atoms. The Bertz CT molecular complexity index is 513. The highest BCUT2D eigenvalue weighted by atomic mass is 15.2. The van der Waals surface area contributed by atoms with Crippen LogP contribution in [0.5, 0.6) is 0 Å². The maximum atomic E-state index is 4.88. The Labute approximate surface area is 85.5 Å². The van der Waals surface area contributed by atoms with Gasteiger partial charge in [0.1, 0.15) is 0 Å². The van der Waals surface area contributed by atoms with Crippen LogP contribution in [0, 0.1) is 0 Å². The van der Waals surface area contributed by atoms with Crippen molar-refractivity contribution >= 4 is 22.9 Å². The molecule has 2 N–H and O–H groups in total. The minimum atomic E-state index is 0.452. The maximum absolute atomic E-state index is 4.88. The van der Waals surface area contributed by atoms with Crippen LogP contribution in [0.25, 0.3) is 10.8 Å². The second-order valence-corrected chi connectivity index (χ2v) is 2.74. The summed E-state index contributed by atoms with van der Waals surface area (Å²) < 4.78 is 0. The van der Waals surface area contributed by atoms with Crippen LogP contribution in [-0.4, -0.2) is 16.5 Å². The van der Waals surface area contributed by atoms with Gasteiger partial charge in [-0.1, -0.05) is 24.3 Å². The van der Waals surface area contributed by atoms with Crippen LogP contribution in [0.4, 0.5) is 5.82 Å². The Morgan fingerprint density at radius 3 is 3.00 bits per heavy atom. The lowest BCUT2D eigenvalue weighted by Crippen LogP contribution is -1.83. The zero-order valence-electron chi connectivity index (χ0n) is 7.78. The van der Waals surface area contributed by atoms with E-state index in [1.807, 2.05) is 24.3 Å². The molecule has 0 aliphatic heterocycles. The lowest BCUT2D eigenvalue weighted by atomic mass is 10.2. The highest BCUT2D eigenvalue weighted by Gasteiger charge is 1.99. The molecule has 1 aromatic heterocycles. The Hall–Kier alpha value is -2.37. The molecule has 0 aliphatic rings. The first-order valence-corrected chi connectivity index (χ1v) is 4.25. The number of azo groups is 1. The Morgan fingerprint density at radius 2 is 2.13 bits per heavy atom. The van der Waals surface area contributed by atoms with Gasteiger partial charge in [-0.15, -0.1) is 15.3 Å². The number of hydrogen-bond donors (Lipinski definition) is 1. The number of benzene rings is 1. The molecule has 0 aliphatic carbocycles. The van der Waals surface area contributed by atoms with Crippen molar-refractivity contribution in [2.45, 2.75) is 0 Å². The van der Waals surface area contributed by atoms with E-state index < -0.39 is 0 Å². The second kappa shape index (κ2) is 4.23. The van der Waals surface area contributed by atoms with Gasteiger partial charge in [0.05, 0.1) is 6.20 Å². The van der Waals surface area contributed by atoms with Crippen LogP contribution >= 0.6 is 0 Å². The van der Waals surface area contributed by atoms with Gasteiger partial charge >= 0.3 is 0 Å². The summed E-state index contributed by atoms with van der Waals surface area (Å²) >= 11 is 0. The number of fused-ring (bicyclic) bond motifs is 1. The molecule has 0 bridgehead atoms. The van der Waals surface area contributed by atoms with Crippen molar-refractivity contribution in [3.8, 4) is 0 Å². The van der Waals surface area contributed by atoms with Gasteiger partial charge in [0.2, 0.25) is 5.82 Å². The minimum Gasteiger partial charge on any atom is -0.322 e. The van der Waals surface area contributed by atoms with Gasteiger partial charge < -0.3 is 5.84 Å². The van der Waals surface area contributed by atoms with Crippen molar-refractivity contribution in [2.24, 2.45) is 21.2 Å². The molecular weight excluding hydrogens is 192 g/mol. The summed E-state index contributed by atoms with van der Waals surface area (Å²) in [6.45, 7) is 0. The quantitative estimate of drug-likeness (QED) is 0.262. The summed E-state index contributed by atoms with van der Waals surface area (Å²) in [6.07, 6.45) is 2.81. The van der Waals surface area contributed by atoms with Gasteiger partial charge in [-0.05, 0) is 0 Å². The number of hydrazone groups is 1. The number of nitrogens with two attached hydrogens (primary N) is 1. The van der Waals surface area contributed by atoms with Gasteiger partial charge in [0.15, 0.2) is 6.34 Å². The molecular formula is C9H8N6. The molecule has 2 aromatic rings. The van der Waals surface area contributed by atoms with E-state index >= 15 is 0 Å². The maximum Gasteiger partial charge on any atom is 0.204 e. The van der Waals surface area contributed by atoms with E-state index in [0.29, 0.717) is 5.82 Å². The molecule has 1 aromatic carbocycles. The van der Waals surface area contributed by atoms with Gasteiger partial charge in [0.25, 0.3) is 0 Å². The Morgan fingerprint density at radius 1 is 1.27 bits per heavy atom. The largest absolute Gasteiger partial charge is 0.322 e. The molecule has 1 heterocycles. The molecule has 0 amide bonds. The third-order valence-corrected chi connectivity index (χ3v) is 1.82. The molecule has 0 radical (unpaired) electrons. The molecule has 0 saturated heterocycles. The van der Waals surface area contributed by atoms with Gasteiger partial charge in [-0.25, -0.2) is 0 Å². The topological polar surface area (TPSA) is 88.9 Å². The average Bonchev–Trinajstić information content (AvgIpc) is 2.30. The zero-order valence-corrected chi connectivity index (χ0v) is 7.78. The van der Waals surface area contributed by atoms with E-state index in [2.05, 4.69) is 25.5 Å². The van der Waals surface area contributed by atoms with Crippen LogP contribution in [-0.2, 0) is 0 Å². The van der Waals surface area contributed by atoms with E-state index in [0.717, 1.165) is 17.1 Å². The summed E-state index contributed by atoms with van der Waals surface area (Å²) in [7, 11) is 0. The van der Waals surface area contributed by atoms with Crippen LogP contribution in [0.1, 0.15) is 0 Å². The highest BCUT2D eigenvalue weighted by Crippen LogP contribution is 2.21. The van der Waals surface area contributed by atoms with Crippen molar-refractivity contribution in [2.75, 3.05) is 0 Å². The van der Waals surface area contributed by atoms with E-state index in [1.54, 1.807) is 6.20 Å². The van der Waals surface area contributed by atoms with E-state index in [-0.39, 0.29) is 0 Å². The van der Waals surface area contributed by atoms with Crippen LogP contribution in [0.2, 0.25) is 0 Å². The molecule has 2 rings (SSSR count). The lowest BCUT2D eigenvalue weighted by molar-refractivity contribution is 1.02. The molecule has 0 unspecified atom stereocenters. The van der Waals surface area contributed by atoms with Crippen molar-refractivity contribution < 1.29 is 0 Å². The Kier molecular flexibility index (Phi) is 2.59. The fraction of sp³-hybridized carbons (Fsp3) is 0. The van der Waals surface area contributed by atoms with Gasteiger partial charge in [-0.3, -0.25) is 0 Å². The fourth-order valence-corrected chi connectivity index (χ4v) is 1.20. The summed E-state index contributed by atoms with van der Waals surface area (Å²) in [5.41, 5.74) is 0. The zero-order chi connectivity index (χ0) is 10.5. The molecule has 0 fully saturated rings. The molecule has 6 nitrogen and oxygen atoms in total. The normalized spacial score (nSPS) is 11.7. The summed E-state index contributed by atoms with van der Waals surface area (Å²) in [6, 6.07) is 7.66. The second-order valence-electron chi connectivity index (χ2n) is 2.74. The molecule has 6 heteroatoms. The summed E-state index contributed by atoms with van der Waals surface area (Å²) in [5.74, 6) is 5.34. The number of aromatic nitrogens is 2. The van der Waals surface area contributed by atoms with Gasteiger partial charge in [0, 0.05) is 10.8 Å². The smallest absolute Gasteiger partial charge is 0.204 e. The van der Waals surface area contributed by atoms with Crippen molar-refractivity contribution in [1.29, 1.82) is 0 Å². The number of rotatable bonds is 2. The average molecular weight is 200 g/mol.